The van der Waals surface area contributed by atoms with Crippen LogP contribution in [-0.2, 0) is 27.3 Å². The third kappa shape index (κ3) is 11.7. The fourth-order valence-electron chi connectivity index (χ4n) is 6.48. The maximum atomic E-state index is 14.5. The van der Waals surface area contributed by atoms with Gasteiger partial charge < -0.3 is 29.3 Å². The van der Waals surface area contributed by atoms with Gasteiger partial charge in [-0.3, -0.25) is 9.59 Å². The molecule has 2 amide bonds. The molecule has 0 unspecified atom stereocenters. The van der Waals surface area contributed by atoms with Gasteiger partial charge in [0.25, 0.3) is 5.91 Å². The predicted octanol–water partition coefficient (Wildman–Crippen LogP) is 8.68. The van der Waals surface area contributed by atoms with Crippen LogP contribution < -0.4 is 19.7 Å². The van der Waals surface area contributed by atoms with Crippen molar-refractivity contribution in [1.29, 1.82) is 0 Å². The molecule has 0 bridgehead atoms. The normalized spacial score (nSPS) is 15.6. The van der Waals surface area contributed by atoms with Gasteiger partial charge in [-0.2, -0.15) is 0 Å². The molecule has 5 rings (SSSR count). The van der Waals surface area contributed by atoms with Crippen molar-refractivity contribution in [1.82, 2.24) is 10.2 Å². The van der Waals surface area contributed by atoms with Gasteiger partial charge in [0.2, 0.25) is 5.91 Å². The van der Waals surface area contributed by atoms with Crippen LogP contribution in [0.1, 0.15) is 68.4 Å². The number of ether oxygens (including phenoxy) is 3. The molecular weight excluding hydrogens is 709 g/mol. The van der Waals surface area contributed by atoms with Crippen molar-refractivity contribution in [3.05, 3.63) is 124 Å². The molecule has 4 aromatic carbocycles. The first-order chi connectivity index (χ1) is 25.0. The number of fused-ring (bicyclic) bond motifs is 1. The molecule has 10 heteroatoms. The number of para-hydroxylation sites is 1. The number of halogens is 2. The van der Waals surface area contributed by atoms with Crippen molar-refractivity contribution < 1.29 is 23.8 Å². The lowest BCUT2D eigenvalue weighted by molar-refractivity contribution is -0.142. The first kappa shape index (κ1) is 41.7. The summed E-state index contributed by atoms with van der Waals surface area (Å²) in [6, 6.07) is 31.5. The molecule has 0 saturated carbocycles. The zero-order valence-electron chi connectivity index (χ0n) is 31.5. The minimum atomic E-state index is -1.06. The second-order valence-corrected chi connectivity index (χ2v) is 15.0. The summed E-state index contributed by atoms with van der Waals surface area (Å²) in [4.78, 5) is 31.6. The molecule has 4 aromatic rings. The fourth-order valence-corrected chi connectivity index (χ4v) is 6.66. The number of anilines is 1. The van der Waals surface area contributed by atoms with Gasteiger partial charge in [-0.25, -0.2) is 0 Å². The number of rotatable bonds is 16. The monoisotopic (exact) mass is 761 g/mol. The van der Waals surface area contributed by atoms with Gasteiger partial charge >= 0.3 is 0 Å². The molecule has 1 N–H and O–H groups in total. The Labute approximate surface area is 326 Å². The van der Waals surface area contributed by atoms with Gasteiger partial charge in [0.1, 0.15) is 12.2 Å². The number of nitrogens with zero attached hydrogens (tertiary/aromatic N) is 2. The van der Waals surface area contributed by atoms with Crippen LogP contribution in [0.3, 0.4) is 0 Å². The standard InChI is InChI=1S/C43H52ClN3O5.ClH/c1-43(2,3)30-47-36-23-22-33(44)27-35(36)40(52-38(42(47)49)28-39(48)46(4)29-32-17-10-7-11-18-32)34-20-12-21-37(41(34)50-5)51-26-14-25-45-24-13-19-31-15-8-6-9-16-31;/h6-12,15-18,20-23,27,38,40,45H,13-14,19,24-26,28-30H2,1-5H3;1H/t38-,40-;/m0./s1. The number of carbonyl (C=O) groups excluding carboxylic acids is 2. The maximum Gasteiger partial charge on any atom is 0.256 e. The van der Waals surface area contributed by atoms with E-state index >= 15 is 0 Å². The van der Waals surface area contributed by atoms with Crippen LogP contribution in [0, 0.1) is 5.41 Å². The number of methoxy groups -OCH3 is 1. The molecule has 0 saturated heterocycles. The molecule has 0 radical (unpaired) electrons. The lowest BCUT2D eigenvalue weighted by Gasteiger charge is -2.31. The molecule has 53 heavy (non-hydrogen) atoms. The van der Waals surface area contributed by atoms with Gasteiger partial charge in [-0.1, -0.05) is 105 Å². The molecule has 284 valence electrons. The second kappa shape index (κ2) is 19.8. The Kier molecular flexibility index (Phi) is 15.6. The highest BCUT2D eigenvalue weighted by Gasteiger charge is 2.40. The number of nitrogens with one attached hydrogen (secondary N) is 1. The summed E-state index contributed by atoms with van der Waals surface area (Å²) in [6.07, 6.45) is 0.965. The van der Waals surface area contributed by atoms with Crippen LogP contribution in [0.15, 0.2) is 97.1 Å². The highest BCUT2D eigenvalue weighted by atomic mass is 35.5. The SMILES string of the molecule is COc1c(OCCCNCCCc2ccccc2)cccc1[C@@H]1O[C@@H](CC(=O)N(C)Cc2ccccc2)C(=O)N(CC(C)(C)C)c2ccc(Cl)cc21.Cl. The summed E-state index contributed by atoms with van der Waals surface area (Å²) < 4.78 is 19.1. The van der Waals surface area contributed by atoms with E-state index in [1.807, 2.05) is 66.7 Å². The molecule has 1 heterocycles. The smallest absolute Gasteiger partial charge is 0.256 e. The van der Waals surface area contributed by atoms with E-state index in [-0.39, 0.29) is 36.1 Å². The van der Waals surface area contributed by atoms with Crippen LogP contribution in [-0.4, -0.2) is 63.2 Å². The van der Waals surface area contributed by atoms with Gasteiger partial charge in [0, 0.05) is 42.0 Å². The van der Waals surface area contributed by atoms with Crippen LogP contribution in [0.5, 0.6) is 11.5 Å². The third-order valence-corrected chi connectivity index (χ3v) is 9.23. The minimum Gasteiger partial charge on any atom is -0.492 e. The average Bonchev–Trinajstić information content (AvgIpc) is 3.23. The number of aryl methyl sites for hydroxylation is 1. The zero-order valence-corrected chi connectivity index (χ0v) is 33.1. The van der Waals surface area contributed by atoms with E-state index in [4.69, 9.17) is 25.8 Å². The molecule has 0 fully saturated rings. The summed E-state index contributed by atoms with van der Waals surface area (Å²) in [5.41, 5.74) is 4.19. The Hall–Kier alpha value is -4.08. The van der Waals surface area contributed by atoms with Crippen molar-refractivity contribution >= 4 is 41.5 Å². The molecule has 1 aliphatic rings. The molecule has 2 atom stereocenters. The maximum absolute atomic E-state index is 14.5. The highest BCUT2D eigenvalue weighted by Crippen LogP contribution is 2.45. The van der Waals surface area contributed by atoms with Crippen LogP contribution >= 0.6 is 24.0 Å². The van der Waals surface area contributed by atoms with Gasteiger partial charge in [0.15, 0.2) is 11.5 Å². The van der Waals surface area contributed by atoms with Crippen molar-refractivity contribution in [2.75, 3.05) is 45.3 Å². The van der Waals surface area contributed by atoms with E-state index in [1.165, 1.54) is 5.56 Å². The van der Waals surface area contributed by atoms with E-state index in [2.05, 4.69) is 50.4 Å². The van der Waals surface area contributed by atoms with E-state index in [0.717, 1.165) is 37.9 Å². The van der Waals surface area contributed by atoms with Crippen molar-refractivity contribution in [3.8, 4) is 11.5 Å². The molecule has 0 spiro atoms. The van der Waals surface area contributed by atoms with Crippen molar-refractivity contribution in [2.45, 2.75) is 65.2 Å². The molecular formula is C43H53Cl2N3O5. The highest BCUT2D eigenvalue weighted by molar-refractivity contribution is 6.30. The Balaban J connectivity index is 0.00000627. The minimum absolute atomic E-state index is 0. The molecule has 1 aliphatic heterocycles. The number of amides is 2. The lowest BCUT2D eigenvalue weighted by atomic mass is 9.94. The first-order valence-corrected chi connectivity index (χ1v) is 18.5. The number of hydrogen-bond acceptors (Lipinski definition) is 6. The summed E-state index contributed by atoms with van der Waals surface area (Å²) >= 11 is 6.62. The molecule has 0 aromatic heterocycles. The van der Waals surface area contributed by atoms with Gasteiger partial charge in [0.05, 0.1) is 20.1 Å². The number of carbonyl (C=O) groups is 2. The van der Waals surface area contributed by atoms with Crippen molar-refractivity contribution in [2.24, 2.45) is 5.41 Å². The lowest BCUT2D eigenvalue weighted by Crippen LogP contribution is -2.45. The molecule has 0 aliphatic carbocycles. The van der Waals surface area contributed by atoms with Gasteiger partial charge in [-0.15, -0.1) is 12.4 Å². The van der Waals surface area contributed by atoms with Crippen LogP contribution in [0.4, 0.5) is 5.69 Å². The van der Waals surface area contributed by atoms with Crippen LogP contribution in [0.25, 0.3) is 0 Å². The predicted molar refractivity (Wildman–Crippen MR) is 215 cm³/mol. The third-order valence-electron chi connectivity index (χ3n) is 9.00. The van der Waals surface area contributed by atoms with E-state index in [1.54, 1.807) is 30.0 Å². The summed E-state index contributed by atoms with van der Waals surface area (Å²) in [5.74, 6) is 0.620. The largest absolute Gasteiger partial charge is 0.492 e. The number of benzene rings is 4. The zero-order chi connectivity index (χ0) is 37.1. The Morgan fingerprint density at radius 2 is 1.58 bits per heavy atom. The fraction of sp³-hybridized carbons (Fsp3) is 0.395. The number of hydrogen-bond donors (Lipinski definition) is 1. The van der Waals surface area contributed by atoms with E-state index in [0.29, 0.717) is 53.0 Å². The van der Waals surface area contributed by atoms with Crippen molar-refractivity contribution in [3.63, 3.8) is 0 Å². The van der Waals surface area contributed by atoms with E-state index < -0.39 is 12.2 Å². The molecule has 8 nitrogen and oxygen atoms in total. The van der Waals surface area contributed by atoms with Gasteiger partial charge in [-0.05, 0) is 73.2 Å². The first-order valence-electron chi connectivity index (χ1n) is 18.1. The summed E-state index contributed by atoms with van der Waals surface area (Å²) in [7, 11) is 3.35. The van der Waals surface area contributed by atoms with E-state index in [9.17, 15) is 9.59 Å². The van der Waals surface area contributed by atoms with Crippen LogP contribution in [0.2, 0.25) is 5.02 Å². The summed E-state index contributed by atoms with van der Waals surface area (Å²) in [6.45, 7) is 9.33. The Morgan fingerprint density at radius 1 is 0.906 bits per heavy atom. The quantitative estimate of drug-likeness (QED) is 0.115. The topological polar surface area (TPSA) is 80.3 Å². The summed E-state index contributed by atoms with van der Waals surface area (Å²) in [5, 5.41) is 4.02. The Morgan fingerprint density at radius 3 is 2.26 bits per heavy atom. The Bertz CT molecular complexity index is 1770. The second-order valence-electron chi connectivity index (χ2n) is 14.6. The average molecular weight is 763 g/mol.